The van der Waals surface area contributed by atoms with Gasteiger partial charge in [-0.05, 0) is 0 Å². The van der Waals surface area contributed by atoms with E-state index in [1.807, 2.05) is 20.8 Å². The maximum atomic E-state index is 11.2. The van der Waals surface area contributed by atoms with Gasteiger partial charge in [0, 0.05) is 17.8 Å². The minimum Gasteiger partial charge on any atom is -0.474 e. The van der Waals surface area contributed by atoms with Crippen molar-refractivity contribution in [2.45, 2.75) is 26.2 Å². The van der Waals surface area contributed by atoms with Crippen molar-refractivity contribution in [2.24, 2.45) is 0 Å². The summed E-state index contributed by atoms with van der Waals surface area (Å²) in [5.41, 5.74) is -0.353. The Labute approximate surface area is 81.4 Å². The van der Waals surface area contributed by atoms with E-state index in [4.69, 9.17) is 5.11 Å². The Bertz CT molecular complexity index is 374. The zero-order valence-electron chi connectivity index (χ0n) is 8.31. The highest BCUT2D eigenvalue weighted by Gasteiger charge is 2.25. The number of carboxylic acids is 1. The van der Waals surface area contributed by atoms with Crippen LogP contribution in [0.1, 0.15) is 31.4 Å². The number of carbonyl (C=O) groups is 2. The van der Waals surface area contributed by atoms with Gasteiger partial charge in [-0.15, -0.1) is 0 Å². The Morgan fingerprint density at radius 2 is 2.00 bits per heavy atom. The normalized spacial score (nSPS) is 11.4. The van der Waals surface area contributed by atoms with Crippen LogP contribution in [0.3, 0.4) is 0 Å². The first-order valence-corrected chi connectivity index (χ1v) is 4.15. The molecule has 1 aromatic rings. The van der Waals surface area contributed by atoms with Gasteiger partial charge in [0.15, 0.2) is 0 Å². The minimum atomic E-state index is -1.48. The zero-order chi connectivity index (χ0) is 10.9. The largest absolute Gasteiger partial charge is 0.474 e. The van der Waals surface area contributed by atoms with Gasteiger partial charge < -0.3 is 5.11 Å². The van der Waals surface area contributed by atoms with E-state index < -0.39 is 11.9 Å². The highest BCUT2D eigenvalue weighted by Crippen LogP contribution is 2.19. The number of hydrogen-bond donors (Lipinski definition) is 1. The number of aromatic nitrogens is 2. The van der Waals surface area contributed by atoms with Crippen LogP contribution in [0.4, 0.5) is 0 Å². The lowest BCUT2D eigenvalue weighted by atomic mass is 9.96. The van der Waals surface area contributed by atoms with E-state index in [0.29, 0.717) is 5.82 Å². The molecule has 1 aromatic heterocycles. The molecule has 0 unspecified atom stereocenters. The minimum absolute atomic E-state index is 0.353. The molecule has 0 spiro atoms. The van der Waals surface area contributed by atoms with Crippen molar-refractivity contribution in [3.63, 3.8) is 0 Å². The lowest BCUT2D eigenvalue weighted by Gasteiger charge is -2.17. The Morgan fingerprint density at radius 1 is 1.43 bits per heavy atom. The van der Waals surface area contributed by atoms with Gasteiger partial charge in [0.2, 0.25) is 0 Å². The highest BCUT2D eigenvalue weighted by atomic mass is 16.4. The van der Waals surface area contributed by atoms with Gasteiger partial charge in [0.1, 0.15) is 5.82 Å². The first-order valence-electron chi connectivity index (χ1n) is 4.15. The summed E-state index contributed by atoms with van der Waals surface area (Å²) in [4.78, 5) is 25.6. The van der Waals surface area contributed by atoms with Gasteiger partial charge >= 0.3 is 11.9 Å². The molecule has 0 saturated heterocycles. The molecule has 1 rings (SSSR count). The van der Waals surface area contributed by atoms with E-state index in [0.717, 1.165) is 4.57 Å². The van der Waals surface area contributed by atoms with Crippen LogP contribution in [0.15, 0.2) is 12.4 Å². The van der Waals surface area contributed by atoms with Crippen molar-refractivity contribution in [1.29, 1.82) is 0 Å². The van der Waals surface area contributed by atoms with Crippen molar-refractivity contribution < 1.29 is 14.7 Å². The molecule has 0 atom stereocenters. The van der Waals surface area contributed by atoms with Gasteiger partial charge in [-0.2, -0.15) is 0 Å². The molecular formula is C9H12N2O3. The third-order valence-corrected chi connectivity index (χ3v) is 1.71. The Balaban J connectivity index is 3.18. The van der Waals surface area contributed by atoms with E-state index in [9.17, 15) is 9.59 Å². The second kappa shape index (κ2) is 3.25. The smallest absolute Gasteiger partial charge is 0.395 e. The van der Waals surface area contributed by atoms with Crippen LogP contribution in [0.25, 0.3) is 0 Å². The topological polar surface area (TPSA) is 72.2 Å². The Hall–Kier alpha value is -1.65. The molecule has 5 heteroatoms. The Kier molecular flexibility index (Phi) is 2.42. The van der Waals surface area contributed by atoms with E-state index in [1.54, 1.807) is 0 Å². The van der Waals surface area contributed by atoms with Crippen LogP contribution in [0.2, 0.25) is 0 Å². The van der Waals surface area contributed by atoms with Crippen LogP contribution in [-0.2, 0) is 10.2 Å². The summed E-state index contributed by atoms with van der Waals surface area (Å²) >= 11 is 0. The molecule has 0 aliphatic heterocycles. The number of aliphatic carboxylic acids is 1. The monoisotopic (exact) mass is 196 g/mol. The molecule has 0 aliphatic rings. The molecule has 1 N–H and O–H groups in total. The zero-order valence-corrected chi connectivity index (χ0v) is 8.31. The average molecular weight is 196 g/mol. The number of nitrogens with zero attached hydrogens (tertiary/aromatic N) is 2. The number of rotatable bonds is 0. The summed E-state index contributed by atoms with van der Waals surface area (Å²) < 4.78 is 1.06. The molecule has 76 valence electrons. The van der Waals surface area contributed by atoms with E-state index in [1.165, 1.54) is 12.4 Å². The second-order valence-electron chi connectivity index (χ2n) is 3.98. The fourth-order valence-electron chi connectivity index (χ4n) is 1.13. The molecular weight excluding hydrogens is 184 g/mol. The highest BCUT2D eigenvalue weighted by molar-refractivity contribution is 6.32. The number of imidazole rings is 1. The average Bonchev–Trinajstić information content (AvgIpc) is 2.48. The van der Waals surface area contributed by atoms with Gasteiger partial charge in [0.25, 0.3) is 0 Å². The molecule has 0 aromatic carbocycles. The van der Waals surface area contributed by atoms with Crippen molar-refractivity contribution in [2.75, 3.05) is 0 Å². The lowest BCUT2D eigenvalue weighted by molar-refractivity contribution is -0.132. The predicted molar refractivity (Wildman–Crippen MR) is 49.2 cm³/mol. The molecule has 0 bridgehead atoms. The van der Waals surface area contributed by atoms with Crippen molar-refractivity contribution >= 4 is 11.9 Å². The van der Waals surface area contributed by atoms with E-state index in [-0.39, 0.29) is 5.41 Å². The van der Waals surface area contributed by atoms with Crippen LogP contribution >= 0.6 is 0 Å². The SMILES string of the molecule is CC(C)(C)c1nccn1C(=O)C(=O)O. The summed E-state index contributed by atoms with van der Waals surface area (Å²) in [6.07, 6.45) is 2.78. The fourth-order valence-corrected chi connectivity index (χ4v) is 1.13. The second-order valence-corrected chi connectivity index (χ2v) is 3.98. The van der Waals surface area contributed by atoms with E-state index in [2.05, 4.69) is 4.98 Å². The maximum Gasteiger partial charge on any atom is 0.395 e. The third kappa shape index (κ3) is 1.81. The molecule has 1 heterocycles. The van der Waals surface area contributed by atoms with Crippen LogP contribution in [0, 0.1) is 0 Å². The number of carboxylic acid groups (broad SMARTS) is 1. The molecule has 0 saturated carbocycles. The van der Waals surface area contributed by atoms with Gasteiger partial charge in [0.05, 0.1) is 0 Å². The Morgan fingerprint density at radius 3 is 2.43 bits per heavy atom. The summed E-state index contributed by atoms with van der Waals surface area (Å²) in [6, 6.07) is 0. The maximum absolute atomic E-state index is 11.2. The fraction of sp³-hybridized carbons (Fsp3) is 0.444. The van der Waals surface area contributed by atoms with Crippen molar-refractivity contribution in [3.8, 4) is 0 Å². The molecule has 0 fully saturated rings. The van der Waals surface area contributed by atoms with Gasteiger partial charge in [-0.25, -0.2) is 9.78 Å². The molecule has 5 nitrogen and oxygen atoms in total. The standard InChI is InChI=1S/C9H12N2O3/c1-9(2,3)8-10-4-5-11(8)6(12)7(13)14/h4-5H,1-3H3,(H,13,14). The van der Waals surface area contributed by atoms with Crippen LogP contribution in [0.5, 0.6) is 0 Å². The van der Waals surface area contributed by atoms with E-state index >= 15 is 0 Å². The summed E-state index contributed by atoms with van der Waals surface area (Å²) in [7, 11) is 0. The number of hydrogen-bond acceptors (Lipinski definition) is 3. The molecule has 0 radical (unpaired) electrons. The quantitative estimate of drug-likeness (QED) is 0.626. The lowest BCUT2D eigenvalue weighted by Crippen LogP contribution is -2.27. The summed E-state index contributed by atoms with van der Waals surface area (Å²) in [6.45, 7) is 5.59. The molecule has 0 amide bonds. The number of carbonyl (C=O) groups excluding carboxylic acids is 1. The van der Waals surface area contributed by atoms with Crippen LogP contribution in [-0.4, -0.2) is 26.5 Å². The first-order chi connectivity index (χ1) is 6.34. The third-order valence-electron chi connectivity index (χ3n) is 1.71. The summed E-state index contributed by atoms with van der Waals surface area (Å²) in [5, 5.41) is 8.55. The predicted octanol–water partition coefficient (Wildman–Crippen LogP) is 0.905. The molecule has 14 heavy (non-hydrogen) atoms. The first kappa shape index (κ1) is 10.4. The molecule has 0 aliphatic carbocycles. The van der Waals surface area contributed by atoms with Crippen LogP contribution < -0.4 is 0 Å². The summed E-state index contributed by atoms with van der Waals surface area (Å²) in [5.74, 6) is -2.01. The van der Waals surface area contributed by atoms with Gasteiger partial charge in [-0.3, -0.25) is 9.36 Å². The van der Waals surface area contributed by atoms with Gasteiger partial charge in [-0.1, -0.05) is 20.8 Å². The van der Waals surface area contributed by atoms with Crippen molar-refractivity contribution in [3.05, 3.63) is 18.2 Å². The van der Waals surface area contributed by atoms with Crippen molar-refractivity contribution in [1.82, 2.24) is 9.55 Å².